The van der Waals surface area contributed by atoms with Crippen molar-refractivity contribution in [2.24, 2.45) is 11.3 Å². The van der Waals surface area contributed by atoms with Gasteiger partial charge in [-0.3, -0.25) is 14.6 Å². The van der Waals surface area contributed by atoms with E-state index < -0.39 is 34.0 Å². The highest BCUT2D eigenvalue weighted by Crippen LogP contribution is 2.68. The number of hydrogen-bond acceptors (Lipinski definition) is 10. The summed E-state index contributed by atoms with van der Waals surface area (Å²) < 4.78 is 17.8. The zero-order chi connectivity index (χ0) is 38.7. The molecule has 1 aromatic heterocycles. The lowest BCUT2D eigenvalue weighted by Gasteiger charge is -2.62. The van der Waals surface area contributed by atoms with Gasteiger partial charge in [-0.25, -0.2) is 4.79 Å². The van der Waals surface area contributed by atoms with E-state index in [1.54, 1.807) is 7.11 Å². The molecule has 1 saturated carbocycles. The molecule has 9 atom stereocenters. The maximum atomic E-state index is 15.2. The van der Waals surface area contributed by atoms with Crippen LogP contribution in [0.3, 0.4) is 0 Å². The summed E-state index contributed by atoms with van der Waals surface area (Å²) in [5.41, 5.74) is 0.612. The lowest BCUT2D eigenvalue weighted by atomic mass is 9.48. The van der Waals surface area contributed by atoms with Crippen molar-refractivity contribution in [2.45, 2.75) is 106 Å². The van der Waals surface area contributed by atoms with Crippen LogP contribution in [0.25, 0.3) is 10.9 Å². The van der Waals surface area contributed by atoms with Crippen LogP contribution in [0.1, 0.15) is 87.6 Å². The van der Waals surface area contributed by atoms with Crippen LogP contribution < -0.4 is 9.64 Å². The second kappa shape index (κ2) is 12.7. The van der Waals surface area contributed by atoms with Gasteiger partial charge in [-0.2, -0.15) is 0 Å². The van der Waals surface area contributed by atoms with Gasteiger partial charge in [0.05, 0.1) is 33.0 Å². The van der Waals surface area contributed by atoms with Crippen LogP contribution in [-0.2, 0) is 36.3 Å². The zero-order valence-electron chi connectivity index (χ0n) is 33.4. The van der Waals surface area contributed by atoms with E-state index in [0.29, 0.717) is 44.4 Å². The van der Waals surface area contributed by atoms with Crippen molar-refractivity contribution >= 4 is 28.5 Å². The number of ether oxygens (including phenoxy) is 3. The highest BCUT2D eigenvalue weighted by molar-refractivity contribution is 5.94. The molecule has 3 saturated heterocycles. The molecule has 5 aliphatic heterocycles. The molecule has 2 bridgehead atoms. The van der Waals surface area contributed by atoms with Gasteiger partial charge in [-0.05, 0) is 105 Å². The van der Waals surface area contributed by atoms with Crippen molar-refractivity contribution < 1.29 is 34.0 Å². The number of carbonyl (C=O) groups is 2. The third-order valence-electron chi connectivity index (χ3n) is 15.6. The number of esters is 2. The number of carbonyl (C=O) groups excluding carboxylic acids is 2. The Morgan fingerprint density at radius 3 is 2.44 bits per heavy atom. The second-order valence-electron chi connectivity index (χ2n) is 18.0. The van der Waals surface area contributed by atoms with Gasteiger partial charge in [0, 0.05) is 72.1 Å². The number of anilines is 1. The van der Waals surface area contributed by atoms with Crippen LogP contribution >= 0.6 is 0 Å². The van der Waals surface area contributed by atoms with E-state index in [9.17, 15) is 15.0 Å². The molecule has 0 amide bonds. The molecule has 0 radical (unpaired) electrons. The Hall–Kier alpha value is -3.64. The molecule has 1 spiro atoms. The quantitative estimate of drug-likeness (QED) is 0.306. The highest BCUT2D eigenvalue weighted by Gasteiger charge is 2.76. The maximum absolute atomic E-state index is 15.2. The second-order valence-corrected chi connectivity index (χ2v) is 18.0. The van der Waals surface area contributed by atoms with Crippen LogP contribution in [0.5, 0.6) is 5.75 Å². The van der Waals surface area contributed by atoms with Crippen molar-refractivity contribution in [3.8, 4) is 5.75 Å². The number of H-pyrrole nitrogens is 1. The van der Waals surface area contributed by atoms with Crippen LogP contribution in [0.2, 0.25) is 0 Å². The fourth-order valence-electron chi connectivity index (χ4n) is 13.6. The van der Waals surface area contributed by atoms with Crippen molar-refractivity contribution in [3.63, 3.8) is 0 Å². The number of nitrogens with zero attached hydrogens (tertiary/aromatic N) is 3. The van der Waals surface area contributed by atoms with Crippen LogP contribution in [-0.4, -0.2) is 121 Å². The van der Waals surface area contributed by atoms with Crippen molar-refractivity contribution in [1.82, 2.24) is 14.8 Å². The fourth-order valence-corrected chi connectivity index (χ4v) is 13.6. The van der Waals surface area contributed by atoms with Crippen molar-refractivity contribution in [1.29, 1.82) is 0 Å². The number of hydrogen-bond donors (Lipinski definition) is 3. The molecule has 1 unspecified atom stereocenters. The predicted octanol–water partition coefficient (Wildman–Crippen LogP) is 4.67. The number of likely N-dealkylation sites (N-methyl/N-ethyl adjacent to an activating group) is 1. The summed E-state index contributed by atoms with van der Waals surface area (Å²) in [6, 6.07) is 12.0. The minimum absolute atomic E-state index is 0.0335. The Balaban J connectivity index is 1.35. The molecular weight excluding hydrogens is 697 g/mol. The van der Waals surface area contributed by atoms with E-state index in [-0.39, 0.29) is 23.3 Å². The Labute approximate surface area is 324 Å². The molecule has 55 heavy (non-hydrogen) atoms. The molecule has 3 N–H and O–H groups in total. The number of fused-ring (bicyclic) bond motifs is 6. The van der Waals surface area contributed by atoms with E-state index in [0.717, 1.165) is 90.8 Å². The molecule has 1 aliphatic carbocycles. The Kier molecular flexibility index (Phi) is 8.52. The van der Waals surface area contributed by atoms with Gasteiger partial charge >= 0.3 is 11.9 Å². The van der Waals surface area contributed by atoms with Crippen LogP contribution in [0.4, 0.5) is 5.69 Å². The number of aromatic amines is 1. The topological polar surface area (TPSA) is 128 Å². The van der Waals surface area contributed by atoms with Crippen LogP contribution in [0.15, 0.2) is 36.4 Å². The summed E-state index contributed by atoms with van der Waals surface area (Å²) >= 11 is 0. The third kappa shape index (κ3) is 4.82. The smallest absolute Gasteiger partial charge is 0.340 e. The first-order valence-corrected chi connectivity index (χ1v) is 20.5. The number of aliphatic hydroxyl groups is 2. The van der Waals surface area contributed by atoms with Gasteiger partial charge in [0.25, 0.3) is 0 Å². The van der Waals surface area contributed by atoms with E-state index in [1.807, 2.05) is 32.2 Å². The largest absolute Gasteiger partial charge is 0.496 e. The lowest BCUT2D eigenvalue weighted by molar-refractivity contribution is -0.188. The fraction of sp³-hybridized carbons (Fsp3) is 0.636. The summed E-state index contributed by atoms with van der Waals surface area (Å²) in [6.45, 7) is 8.20. The average molecular weight is 755 g/mol. The van der Waals surface area contributed by atoms with Crippen LogP contribution in [0, 0.1) is 11.3 Å². The predicted molar refractivity (Wildman–Crippen MR) is 210 cm³/mol. The monoisotopic (exact) mass is 754 g/mol. The summed E-state index contributed by atoms with van der Waals surface area (Å²) in [5, 5.41) is 25.9. The lowest BCUT2D eigenvalue weighted by Crippen LogP contribution is -2.75. The zero-order valence-corrected chi connectivity index (χ0v) is 33.4. The molecule has 296 valence electrons. The number of nitrogens with one attached hydrogen (secondary N) is 1. The molecule has 6 aliphatic rings. The molecule has 11 nitrogen and oxygen atoms in total. The van der Waals surface area contributed by atoms with Gasteiger partial charge in [0.2, 0.25) is 0 Å². The van der Waals surface area contributed by atoms with Gasteiger partial charge < -0.3 is 34.3 Å². The normalized spacial score (nSPS) is 37.9. The molecule has 11 heteroatoms. The number of benzene rings is 2. The first-order chi connectivity index (χ1) is 26.4. The van der Waals surface area contributed by atoms with Gasteiger partial charge in [-0.15, -0.1) is 0 Å². The number of aromatic nitrogens is 1. The Morgan fingerprint density at radius 1 is 0.927 bits per heavy atom. The number of methoxy groups -OCH3 is 3. The SMILES string of the molecule is CC[C@]1(O)C[C@H]2CN(CCc3c([nH]c4ccccc34)[C@@](C(=O)OC)(c3cc4c(cc3OC)N(C)[C@@H]3[C@]45CCN4CCC[C@@](CC)(C[C@]3(O)C(=O)OC)[C@H]45)C2)C1. The number of para-hydroxylation sites is 1. The van der Waals surface area contributed by atoms with E-state index >= 15 is 4.79 Å². The average Bonchev–Trinajstić information content (AvgIpc) is 3.85. The standard InChI is InChI=1S/C44H58N4O7/c1-7-40-15-11-17-48-19-16-42(36(40)48)30-20-31(34(53-4)21-33(30)46(3)37(42)44(52,25-40)39(50)55-6)43(38(49)54-5)23-27-22-41(51,8-2)26-47(24-27)18-14-29-28-12-9-10-13-32(28)45-35(29)43/h9-10,12-13,20-21,27,36-37,45,51-52H,7-8,11,14-19,22-26H2,1-6H3/t27-,36+,37-,40+,41+,42-,43+,44-/m1/s1. The first-order valence-electron chi connectivity index (χ1n) is 20.5. The molecule has 4 fully saturated rings. The Bertz CT molecular complexity index is 2050. The van der Waals surface area contributed by atoms with Gasteiger partial charge in [0.15, 0.2) is 5.60 Å². The summed E-state index contributed by atoms with van der Waals surface area (Å²) in [6.07, 6.45) is 6.14. The molecule has 9 rings (SSSR count). The van der Waals surface area contributed by atoms with Gasteiger partial charge in [-0.1, -0.05) is 32.0 Å². The first kappa shape index (κ1) is 37.0. The molecular formula is C44H58N4O7. The molecule has 6 heterocycles. The van der Waals surface area contributed by atoms with Crippen molar-refractivity contribution in [2.75, 3.05) is 66.0 Å². The summed E-state index contributed by atoms with van der Waals surface area (Å²) in [5.74, 6) is -0.445. The third-order valence-corrected chi connectivity index (χ3v) is 15.6. The summed E-state index contributed by atoms with van der Waals surface area (Å²) in [4.78, 5) is 40.2. The minimum atomic E-state index is -1.76. The minimum Gasteiger partial charge on any atom is -0.496 e. The molecule has 3 aromatic rings. The van der Waals surface area contributed by atoms with E-state index in [4.69, 9.17) is 14.2 Å². The van der Waals surface area contributed by atoms with E-state index in [2.05, 4.69) is 44.8 Å². The van der Waals surface area contributed by atoms with E-state index in [1.165, 1.54) is 14.2 Å². The van der Waals surface area contributed by atoms with Gasteiger partial charge in [0.1, 0.15) is 11.2 Å². The number of piperidine rings is 2. The molecule has 2 aromatic carbocycles. The van der Waals surface area contributed by atoms with Crippen molar-refractivity contribution in [3.05, 3.63) is 58.8 Å². The number of rotatable bonds is 6. The maximum Gasteiger partial charge on any atom is 0.340 e. The Morgan fingerprint density at radius 2 is 1.71 bits per heavy atom. The summed E-state index contributed by atoms with van der Waals surface area (Å²) in [7, 11) is 6.50. The highest BCUT2D eigenvalue weighted by atomic mass is 16.5.